The Bertz CT molecular complexity index is 572. The molecule has 2 aliphatic carbocycles. The summed E-state index contributed by atoms with van der Waals surface area (Å²) in [6, 6.07) is 0. The highest BCUT2D eigenvalue weighted by Gasteiger charge is 2.30. The first kappa shape index (κ1) is 17.7. The van der Waals surface area contributed by atoms with E-state index in [4.69, 9.17) is 21.3 Å². The lowest BCUT2D eigenvalue weighted by Gasteiger charge is -2.30. The second-order valence-corrected chi connectivity index (χ2v) is 7.62. The third-order valence-corrected chi connectivity index (χ3v) is 5.80. The molecule has 4 nitrogen and oxygen atoms in total. The average molecular weight is 351 g/mol. The molecule has 1 fully saturated rings. The fourth-order valence-corrected chi connectivity index (χ4v) is 4.28. The largest absolute Gasteiger partial charge is 0.448 e. The summed E-state index contributed by atoms with van der Waals surface area (Å²) in [4.78, 5) is 21.1. The highest BCUT2D eigenvalue weighted by atomic mass is 35.5. The van der Waals surface area contributed by atoms with Crippen LogP contribution in [0.1, 0.15) is 64.7 Å². The first-order valence-electron chi connectivity index (χ1n) is 9.30. The van der Waals surface area contributed by atoms with E-state index in [-0.39, 0.29) is 11.3 Å². The van der Waals surface area contributed by atoms with Gasteiger partial charge in [0.2, 0.25) is 0 Å². The molecule has 0 aromatic carbocycles. The molecule has 1 saturated carbocycles. The van der Waals surface area contributed by atoms with Crippen molar-refractivity contribution in [1.82, 2.24) is 0 Å². The van der Waals surface area contributed by atoms with E-state index in [1.165, 1.54) is 36.8 Å². The molecule has 0 unspecified atom stereocenters. The van der Waals surface area contributed by atoms with Gasteiger partial charge in [0, 0.05) is 17.7 Å². The Morgan fingerprint density at radius 3 is 2.62 bits per heavy atom. The number of ether oxygens (including phenoxy) is 1. The molecule has 3 rings (SSSR count). The van der Waals surface area contributed by atoms with Crippen molar-refractivity contribution in [2.24, 2.45) is 15.9 Å². The molecule has 1 aliphatic heterocycles. The number of amides is 1. The van der Waals surface area contributed by atoms with Crippen LogP contribution in [0.4, 0.5) is 4.79 Å². The number of carbonyl (C=O) groups excluding carboxylic acids is 1. The molecule has 0 N–H and O–H groups in total. The molecule has 0 spiro atoms. The second-order valence-electron chi connectivity index (χ2n) is 7.00. The summed E-state index contributed by atoms with van der Waals surface area (Å²) in [6.45, 7) is 2.95. The Kier molecular flexibility index (Phi) is 6.09. The van der Waals surface area contributed by atoms with Crippen LogP contribution in [0.25, 0.3) is 0 Å². The van der Waals surface area contributed by atoms with Gasteiger partial charge in [0.15, 0.2) is 0 Å². The predicted molar refractivity (Wildman–Crippen MR) is 98.5 cm³/mol. The van der Waals surface area contributed by atoms with Crippen LogP contribution >= 0.6 is 11.6 Å². The van der Waals surface area contributed by atoms with Crippen molar-refractivity contribution in [1.29, 1.82) is 0 Å². The molecule has 0 bridgehead atoms. The van der Waals surface area contributed by atoms with Crippen LogP contribution in [0.15, 0.2) is 21.1 Å². The maximum atomic E-state index is 12.0. The fraction of sp³-hybridized carbons (Fsp3) is 0.737. The number of dihydropyridines is 1. The number of carbonyl (C=O) groups is 1. The molecular formula is C19H27ClN2O2. The van der Waals surface area contributed by atoms with Gasteiger partial charge in [-0.15, -0.1) is 11.6 Å². The fourth-order valence-electron chi connectivity index (χ4n) is 4.03. The highest BCUT2D eigenvalue weighted by Crippen LogP contribution is 2.34. The summed E-state index contributed by atoms with van der Waals surface area (Å²) >= 11 is 6.25. The van der Waals surface area contributed by atoms with Gasteiger partial charge in [-0.1, -0.05) is 5.57 Å². The van der Waals surface area contributed by atoms with Crippen molar-refractivity contribution in [2.45, 2.75) is 70.1 Å². The minimum absolute atomic E-state index is 0.256. The number of hydrogen-bond donors (Lipinski definition) is 0. The summed E-state index contributed by atoms with van der Waals surface area (Å²) in [5.74, 6) is 0.286. The number of hydrogen-bond acceptors (Lipinski definition) is 3. The quantitative estimate of drug-likeness (QED) is 0.404. The molecule has 1 heterocycles. The number of rotatable bonds is 3. The third kappa shape index (κ3) is 4.27. The Balaban J connectivity index is 1.79. The van der Waals surface area contributed by atoms with Crippen LogP contribution in [0, 0.1) is 5.92 Å². The molecule has 0 aromatic heterocycles. The van der Waals surface area contributed by atoms with E-state index in [1.54, 1.807) is 0 Å². The zero-order chi connectivity index (χ0) is 16.9. The lowest BCUT2D eigenvalue weighted by Crippen LogP contribution is -2.31. The Hall–Kier alpha value is -1.16. The summed E-state index contributed by atoms with van der Waals surface area (Å²) < 4.78 is 5.06. The van der Waals surface area contributed by atoms with E-state index in [0.717, 1.165) is 50.1 Å². The Morgan fingerprint density at radius 1 is 1.21 bits per heavy atom. The molecule has 1 amide bonds. The Labute approximate surface area is 149 Å². The maximum Gasteiger partial charge on any atom is 0.433 e. The van der Waals surface area contributed by atoms with E-state index in [9.17, 15) is 4.79 Å². The van der Waals surface area contributed by atoms with E-state index in [2.05, 4.69) is 4.99 Å². The standard InChI is InChI=1S/C19H27ClN2O2/c1-2-24-19(23)22-18(13-7-9-16(20)10-8-13)17-11-14-5-3-4-6-15(14)12-21-17/h13,16H,2-12H2,1H3/b22-18-. The van der Waals surface area contributed by atoms with Crippen LogP contribution in [0.5, 0.6) is 0 Å². The molecular weight excluding hydrogens is 324 g/mol. The van der Waals surface area contributed by atoms with Gasteiger partial charge >= 0.3 is 6.09 Å². The van der Waals surface area contributed by atoms with Crippen molar-refractivity contribution < 1.29 is 9.53 Å². The molecule has 132 valence electrons. The third-order valence-electron chi connectivity index (χ3n) is 5.37. The summed E-state index contributed by atoms with van der Waals surface area (Å²) in [5, 5.41) is 0.256. The molecule has 0 saturated heterocycles. The van der Waals surface area contributed by atoms with E-state index in [0.29, 0.717) is 6.61 Å². The van der Waals surface area contributed by atoms with Gasteiger partial charge in [0.05, 0.1) is 24.6 Å². The van der Waals surface area contributed by atoms with Gasteiger partial charge in [0.1, 0.15) is 0 Å². The van der Waals surface area contributed by atoms with Crippen molar-refractivity contribution in [2.75, 3.05) is 13.2 Å². The smallest absolute Gasteiger partial charge is 0.433 e. The molecule has 0 radical (unpaired) electrons. The molecule has 3 aliphatic rings. The second kappa shape index (κ2) is 8.28. The maximum absolute atomic E-state index is 12.0. The van der Waals surface area contributed by atoms with E-state index in [1.807, 2.05) is 6.92 Å². The molecule has 0 atom stereocenters. The van der Waals surface area contributed by atoms with Crippen LogP contribution in [-0.2, 0) is 4.74 Å². The summed E-state index contributed by atoms with van der Waals surface area (Å²) in [6.07, 6.45) is 9.24. The van der Waals surface area contributed by atoms with Gasteiger partial charge < -0.3 is 4.74 Å². The number of nitrogens with zero attached hydrogens (tertiary/aromatic N) is 2. The SMILES string of the molecule is CCOC(=O)/N=C(\C1=NCC2=C(CCCC2)C1)C1CCC(Cl)CC1. The number of alkyl halides is 1. The normalized spacial score (nSPS) is 28.2. The monoisotopic (exact) mass is 350 g/mol. The van der Waals surface area contributed by atoms with Crippen LogP contribution in [0.3, 0.4) is 0 Å². The molecule has 24 heavy (non-hydrogen) atoms. The first-order valence-corrected chi connectivity index (χ1v) is 9.74. The van der Waals surface area contributed by atoms with E-state index >= 15 is 0 Å². The topological polar surface area (TPSA) is 51.0 Å². The lowest BCUT2D eigenvalue weighted by molar-refractivity contribution is 0.163. The zero-order valence-corrected chi connectivity index (χ0v) is 15.3. The summed E-state index contributed by atoms with van der Waals surface area (Å²) in [7, 11) is 0. The van der Waals surface area contributed by atoms with Gasteiger partial charge in [-0.05, 0) is 63.9 Å². The highest BCUT2D eigenvalue weighted by molar-refractivity contribution is 6.45. The minimum atomic E-state index is -0.480. The first-order chi connectivity index (χ1) is 11.7. The van der Waals surface area contributed by atoms with Crippen molar-refractivity contribution >= 4 is 29.1 Å². The zero-order valence-electron chi connectivity index (χ0n) is 14.5. The Morgan fingerprint density at radius 2 is 1.92 bits per heavy atom. The molecule has 5 heteroatoms. The summed E-state index contributed by atoms with van der Waals surface area (Å²) in [5.41, 5.74) is 4.94. The number of halogens is 1. The van der Waals surface area contributed by atoms with Crippen LogP contribution in [0.2, 0.25) is 0 Å². The molecule has 0 aromatic rings. The average Bonchev–Trinajstić information content (AvgIpc) is 2.60. The lowest BCUT2D eigenvalue weighted by atomic mass is 9.80. The predicted octanol–water partition coefficient (Wildman–Crippen LogP) is 5.10. The van der Waals surface area contributed by atoms with Crippen LogP contribution in [-0.4, -0.2) is 36.0 Å². The number of aliphatic imine (C=N–C) groups is 2. The van der Waals surface area contributed by atoms with Crippen molar-refractivity contribution in [3.63, 3.8) is 0 Å². The van der Waals surface area contributed by atoms with Gasteiger partial charge in [0.25, 0.3) is 0 Å². The van der Waals surface area contributed by atoms with Crippen molar-refractivity contribution in [3.05, 3.63) is 11.1 Å². The van der Waals surface area contributed by atoms with Gasteiger partial charge in [-0.2, -0.15) is 4.99 Å². The van der Waals surface area contributed by atoms with Crippen molar-refractivity contribution in [3.8, 4) is 0 Å². The van der Waals surface area contributed by atoms with Gasteiger partial charge in [-0.25, -0.2) is 4.79 Å². The minimum Gasteiger partial charge on any atom is -0.448 e. The number of allylic oxidation sites excluding steroid dienone is 1. The van der Waals surface area contributed by atoms with Crippen LogP contribution < -0.4 is 0 Å². The van der Waals surface area contributed by atoms with Gasteiger partial charge in [-0.3, -0.25) is 4.99 Å². The van der Waals surface area contributed by atoms with E-state index < -0.39 is 6.09 Å².